The van der Waals surface area contributed by atoms with E-state index in [0.717, 1.165) is 6.07 Å². The van der Waals surface area contributed by atoms with Gasteiger partial charge in [-0.3, -0.25) is 9.59 Å². The zero-order valence-electron chi connectivity index (χ0n) is 12.9. The highest BCUT2D eigenvalue weighted by atomic mass is 32.3. The van der Waals surface area contributed by atoms with Crippen LogP contribution >= 0.6 is 11.3 Å². The SMILES string of the molecule is CC(C)CNC(=O)CC1C(=O)Nc2cc(S(N)(=O)=O)sc2S1(=O)=O. The third-order valence-corrected chi connectivity index (χ3v) is 8.38. The maximum absolute atomic E-state index is 12.6. The van der Waals surface area contributed by atoms with Crippen molar-refractivity contribution in [3.63, 3.8) is 0 Å². The Morgan fingerprint density at radius 2 is 2.08 bits per heavy atom. The summed E-state index contributed by atoms with van der Waals surface area (Å²) in [6.45, 7) is 4.10. The summed E-state index contributed by atoms with van der Waals surface area (Å²) < 4.78 is 47.2. The number of fused-ring (bicyclic) bond motifs is 1. The molecule has 2 rings (SSSR count). The quantitative estimate of drug-likeness (QED) is 0.619. The molecule has 1 atom stereocenters. The Morgan fingerprint density at radius 3 is 2.62 bits per heavy atom. The monoisotopic (exact) mass is 395 g/mol. The Kier molecular flexibility index (Phi) is 5.04. The van der Waals surface area contributed by atoms with Crippen LogP contribution < -0.4 is 15.8 Å². The van der Waals surface area contributed by atoms with E-state index < -0.39 is 43.3 Å². The molecule has 0 aliphatic carbocycles. The second-order valence-corrected chi connectivity index (χ2v) is 10.9. The number of primary sulfonamides is 1. The number of nitrogens with two attached hydrogens (primary N) is 1. The van der Waals surface area contributed by atoms with Gasteiger partial charge in [-0.25, -0.2) is 22.0 Å². The molecule has 134 valence electrons. The highest BCUT2D eigenvalue weighted by Gasteiger charge is 2.43. The van der Waals surface area contributed by atoms with Gasteiger partial charge >= 0.3 is 0 Å². The molecule has 9 nitrogen and oxygen atoms in total. The van der Waals surface area contributed by atoms with Crippen LogP contribution in [-0.4, -0.2) is 40.4 Å². The molecule has 1 aliphatic heterocycles. The molecule has 1 aliphatic rings. The Bertz CT molecular complexity index is 885. The second-order valence-electron chi connectivity index (χ2n) is 5.74. The first-order valence-corrected chi connectivity index (χ1v) is 10.8. The number of carbonyl (C=O) groups excluding carboxylic acids is 2. The molecule has 0 fully saturated rings. The number of sulfonamides is 1. The molecule has 0 bridgehead atoms. The van der Waals surface area contributed by atoms with Crippen molar-refractivity contribution in [3.05, 3.63) is 6.07 Å². The summed E-state index contributed by atoms with van der Waals surface area (Å²) in [6, 6.07) is 1.000. The van der Waals surface area contributed by atoms with E-state index in [1.165, 1.54) is 0 Å². The zero-order valence-corrected chi connectivity index (χ0v) is 15.3. The molecule has 2 heterocycles. The van der Waals surface area contributed by atoms with Gasteiger partial charge in [-0.15, -0.1) is 11.3 Å². The van der Waals surface area contributed by atoms with Gasteiger partial charge in [0.1, 0.15) is 8.42 Å². The first-order valence-electron chi connectivity index (χ1n) is 6.91. The summed E-state index contributed by atoms with van der Waals surface area (Å²) in [5.41, 5.74) is -0.132. The van der Waals surface area contributed by atoms with E-state index in [0.29, 0.717) is 17.9 Å². The summed E-state index contributed by atoms with van der Waals surface area (Å²) in [5, 5.41) is 8.24. The third kappa shape index (κ3) is 3.77. The predicted octanol–water partition coefficient (Wildman–Crippen LogP) is -0.348. The van der Waals surface area contributed by atoms with Gasteiger partial charge in [-0.1, -0.05) is 13.8 Å². The summed E-state index contributed by atoms with van der Waals surface area (Å²) in [6.07, 6.45) is -0.539. The van der Waals surface area contributed by atoms with Gasteiger partial charge in [0.2, 0.25) is 31.7 Å². The highest BCUT2D eigenvalue weighted by Crippen LogP contribution is 2.39. The first kappa shape index (κ1) is 18.8. The molecule has 0 saturated heterocycles. The van der Waals surface area contributed by atoms with Crippen LogP contribution in [0.25, 0.3) is 0 Å². The lowest BCUT2D eigenvalue weighted by molar-refractivity contribution is -0.124. The number of hydrogen-bond acceptors (Lipinski definition) is 7. The van der Waals surface area contributed by atoms with E-state index in [4.69, 9.17) is 5.14 Å². The summed E-state index contributed by atoms with van der Waals surface area (Å²) in [5.74, 6) is -1.27. The number of rotatable bonds is 5. The molecule has 1 aromatic heterocycles. The maximum Gasteiger partial charge on any atom is 0.247 e. The van der Waals surface area contributed by atoms with Gasteiger partial charge in [-0.2, -0.15) is 0 Å². The molecular formula is C12H17N3O6S3. The summed E-state index contributed by atoms with van der Waals surface area (Å²) >= 11 is 0.453. The van der Waals surface area contributed by atoms with Crippen LogP contribution in [0, 0.1) is 5.92 Å². The topological polar surface area (TPSA) is 152 Å². The maximum atomic E-state index is 12.6. The number of carbonyl (C=O) groups is 2. The predicted molar refractivity (Wildman–Crippen MR) is 87.8 cm³/mol. The standard InChI is InChI=1S/C12H17N3O6S3/c1-6(2)5-14-9(16)4-8-11(17)15-7-3-10(24(13,20)21)22-12(7)23(8,18)19/h3,6,8H,4-5H2,1-2H3,(H,14,16)(H,15,17)(H2,13,20,21). The van der Waals surface area contributed by atoms with Gasteiger partial charge in [0.05, 0.1) is 12.1 Å². The van der Waals surface area contributed by atoms with E-state index in [1.54, 1.807) is 0 Å². The normalized spacial score (nSPS) is 19.7. The number of anilines is 1. The Labute approximate surface area is 143 Å². The third-order valence-electron chi connectivity index (χ3n) is 3.22. The number of sulfone groups is 1. The fourth-order valence-corrected chi connectivity index (χ4v) is 6.24. The van der Waals surface area contributed by atoms with Crippen molar-refractivity contribution >= 4 is 48.7 Å². The number of hydrogen-bond donors (Lipinski definition) is 3. The smallest absolute Gasteiger partial charge is 0.247 e. The summed E-state index contributed by atoms with van der Waals surface area (Å²) in [4.78, 5) is 23.9. The van der Waals surface area contributed by atoms with Crippen molar-refractivity contribution in [1.82, 2.24) is 5.32 Å². The molecule has 0 aromatic carbocycles. The minimum Gasteiger partial charge on any atom is -0.356 e. The summed E-state index contributed by atoms with van der Waals surface area (Å²) in [7, 11) is -8.28. The molecule has 4 N–H and O–H groups in total. The number of amides is 2. The van der Waals surface area contributed by atoms with Crippen LogP contribution in [0.3, 0.4) is 0 Å². The average molecular weight is 395 g/mol. The van der Waals surface area contributed by atoms with Crippen molar-refractivity contribution < 1.29 is 26.4 Å². The number of thiophene rings is 1. The first-order chi connectivity index (χ1) is 10.9. The number of nitrogens with one attached hydrogen (secondary N) is 2. The minimum absolute atomic E-state index is 0.132. The lowest BCUT2D eigenvalue weighted by Gasteiger charge is -2.22. The van der Waals surface area contributed by atoms with Crippen LogP contribution in [0.15, 0.2) is 14.5 Å². The van der Waals surface area contributed by atoms with Gasteiger partial charge in [-0.05, 0) is 12.0 Å². The van der Waals surface area contributed by atoms with E-state index >= 15 is 0 Å². The van der Waals surface area contributed by atoms with Gasteiger partial charge in [0.15, 0.2) is 5.25 Å². The molecule has 0 saturated carbocycles. The van der Waals surface area contributed by atoms with Gasteiger partial charge < -0.3 is 10.6 Å². The van der Waals surface area contributed by atoms with Crippen LogP contribution in [0.5, 0.6) is 0 Å². The van der Waals surface area contributed by atoms with Crippen LogP contribution in [0.4, 0.5) is 5.69 Å². The average Bonchev–Trinajstić information content (AvgIpc) is 2.86. The van der Waals surface area contributed by atoms with Gasteiger partial charge in [0.25, 0.3) is 0 Å². The second kappa shape index (κ2) is 6.43. The minimum atomic E-state index is -4.18. The zero-order chi connectivity index (χ0) is 18.3. The van der Waals surface area contributed by atoms with Crippen molar-refractivity contribution in [2.45, 2.75) is 33.9 Å². The van der Waals surface area contributed by atoms with Crippen LogP contribution in [0.1, 0.15) is 20.3 Å². The fraction of sp³-hybridized carbons (Fsp3) is 0.500. The molecule has 0 spiro atoms. The van der Waals surface area contributed by atoms with Crippen molar-refractivity contribution in [2.75, 3.05) is 11.9 Å². The largest absolute Gasteiger partial charge is 0.356 e. The molecule has 2 amide bonds. The van der Waals surface area contributed by atoms with Crippen molar-refractivity contribution in [1.29, 1.82) is 0 Å². The van der Waals surface area contributed by atoms with E-state index in [2.05, 4.69) is 10.6 Å². The van der Waals surface area contributed by atoms with E-state index in [1.807, 2.05) is 13.8 Å². The van der Waals surface area contributed by atoms with Crippen LogP contribution in [-0.2, 0) is 29.4 Å². The van der Waals surface area contributed by atoms with Crippen molar-refractivity contribution in [3.8, 4) is 0 Å². The van der Waals surface area contributed by atoms with Crippen molar-refractivity contribution in [2.24, 2.45) is 11.1 Å². The molecule has 1 aromatic rings. The fourth-order valence-electron chi connectivity index (χ4n) is 2.04. The van der Waals surface area contributed by atoms with E-state index in [-0.39, 0.29) is 20.0 Å². The lowest BCUT2D eigenvalue weighted by atomic mass is 10.2. The molecule has 1 unspecified atom stereocenters. The van der Waals surface area contributed by atoms with Crippen LogP contribution in [0.2, 0.25) is 0 Å². The lowest BCUT2D eigenvalue weighted by Crippen LogP contribution is -2.43. The Hall–Kier alpha value is -1.50. The Balaban J connectivity index is 2.32. The highest BCUT2D eigenvalue weighted by molar-refractivity contribution is 7.96. The molecule has 12 heteroatoms. The molecule has 0 radical (unpaired) electrons. The molecule has 24 heavy (non-hydrogen) atoms. The van der Waals surface area contributed by atoms with Gasteiger partial charge in [0, 0.05) is 6.54 Å². The Morgan fingerprint density at radius 1 is 1.46 bits per heavy atom. The molecular weight excluding hydrogens is 378 g/mol. The van der Waals surface area contributed by atoms with E-state index in [9.17, 15) is 26.4 Å².